The first-order valence-electron chi connectivity index (χ1n) is 23.1. The van der Waals surface area contributed by atoms with Crippen molar-refractivity contribution in [1.29, 1.82) is 0 Å². The molecule has 342 valence electrons. The molecular weight excluding hydrogens is 833 g/mol. The van der Waals surface area contributed by atoms with E-state index in [1.807, 2.05) is 43.3 Å². The zero-order valence-electron chi connectivity index (χ0n) is 38.3. The number of fused-ring (bicyclic) bond motifs is 1. The lowest BCUT2D eigenvalue weighted by atomic mass is 9.80. The molecule has 4 heterocycles. The summed E-state index contributed by atoms with van der Waals surface area (Å²) in [6, 6.07) is 28.0. The van der Waals surface area contributed by atoms with Crippen LogP contribution >= 0.6 is 0 Å². The van der Waals surface area contributed by atoms with Crippen molar-refractivity contribution in [3.05, 3.63) is 120 Å². The highest BCUT2D eigenvalue weighted by Gasteiger charge is 2.39. The summed E-state index contributed by atoms with van der Waals surface area (Å²) >= 11 is 0. The van der Waals surface area contributed by atoms with Crippen molar-refractivity contribution >= 4 is 34.8 Å². The summed E-state index contributed by atoms with van der Waals surface area (Å²) in [5.74, 6) is 1.50. The summed E-state index contributed by atoms with van der Waals surface area (Å²) in [6.45, 7) is 4.95. The molecule has 3 aliphatic rings. The largest absolute Gasteiger partial charge is 0.453 e. The third-order valence-electron chi connectivity index (χ3n) is 13.6. The molecule has 1 saturated carbocycles. The minimum Gasteiger partial charge on any atom is -0.453 e. The van der Waals surface area contributed by atoms with Gasteiger partial charge >= 0.3 is 12.2 Å². The zero-order chi connectivity index (χ0) is 46.1. The van der Waals surface area contributed by atoms with Crippen molar-refractivity contribution in [2.75, 3.05) is 34.3 Å². The molecule has 3 N–H and O–H groups in total. The molecule has 3 fully saturated rings. The number of aromatic amines is 2. The predicted octanol–water partition coefficient (Wildman–Crippen LogP) is 9.70. The topological polar surface area (TPSA) is 166 Å². The van der Waals surface area contributed by atoms with E-state index in [0.29, 0.717) is 30.4 Å². The van der Waals surface area contributed by atoms with Crippen LogP contribution < -0.4 is 5.32 Å². The summed E-state index contributed by atoms with van der Waals surface area (Å²) in [5, 5.41) is 4.90. The molecule has 9 rings (SSSR count). The zero-order valence-corrected chi connectivity index (χ0v) is 38.3. The highest BCUT2D eigenvalue weighted by molar-refractivity contribution is 5.91. The third-order valence-corrected chi connectivity index (χ3v) is 13.6. The minimum atomic E-state index is -1.06. The van der Waals surface area contributed by atoms with Crippen LogP contribution in [0.4, 0.5) is 9.59 Å². The molecule has 0 bridgehead atoms. The van der Waals surface area contributed by atoms with Gasteiger partial charge in [-0.2, -0.15) is 0 Å². The molecule has 14 heteroatoms. The van der Waals surface area contributed by atoms with Crippen molar-refractivity contribution < 1.29 is 28.7 Å². The monoisotopic (exact) mass is 890 g/mol. The predicted molar refractivity (Wildman–Crippen MR) is 252 cm³/mol. The van der Waals surface area contributed by atoms with Crippen LogP contribution in [0.25, 0.3) is 44.4 Å². The second-order valence-electron chi connectivity index (χ2n) is 18.4. The number of benzene rings is 4. The normalized spacial score (nSPS) is 18.3. The van der Waals surface area contributed by atoms with E-state index in [9.17, 15) is 19.2 Å². The molecule has 4 atom stereocenters. The highest BCUT2D eigenvalue weighted by Crippen LogP contribution is 2.39. The molecule has 2 aliphatic heterocycles. The fourth-order valence-corrected chi connectivity index (χ4v) is 9.55. The first-order valence-corrected chi connectivity index (χ1v) is 23.1. The second kappa shape index (κ2) is 18.9. The maximum Gasteiger partial charge on any atom is 0.410 e. The average molecular weight is 891 g/mol. The number of carbonyl (C=O) groups is 4. The first-order chi connectivity index (χ1) is 31.9. The Balaban J connectivity index is 0.868. The number of carbonyl (C=O) groups excluding carboxylic acids is 4. The molecule has 0 radical (unpaired) electrons. The molecule has 2 aromatic heterocycles. The summed E-state index contributed by atoms with van der Waals surface area (Å²) in [4.78, 5) is 74.2. The fourth-order valence-electron chi connectivity index (χ4n) is 9.55. The SMILES string of the molecule is COC(=O)N[C@H](C(=O)N1CCC[C@H]1c1ncc(-c2ccc3cc(-c4ccc(-c5cnc([C@@H]6CCCN6C(=O)[C@@H](OC(=O)N(C)C)c6ccc(C7CCC7)cc6)[nH]5)cc4)ccc3c2)[nH]1)C(C)C. The Labute approximate surface area is 385 Å². The molecule has 4 aromatic carbocycles. The van der Waals surface area contributed by atoms with Crippen LogP contribution in [-0.4, -0.2) is 99.0 Å². The molecule has 14 nitrogen and oxygen atoms in total. The van der Waals surface area contributed by atoms with Crippen molar-refractivity contribution in [2.24, 2.45) is 5.92 Å². The van der Waals surface area contributed by atoms with Crippen molar-refractivity contribution in [1.82, 2.24) is 40.0 Å². The summed E-state index contributed by atoms with van der Waals surface area (Å²) in [7, 11) is 4.53. The van der Waals surface area contributed by atoms with Gasteiger partial charge in [0.15, 0.2) is 0 Å². The number of nitrogens with zero attached hydrogens (tertiary/aromatic N) is 5. The Morgan fingerprint density at radius 2 is 1.23 bits per heavy atom. The molecule has 66 heavy (non-hydrogen) atoms. The number of aromatic nitrogens is 4. The number of hydrogen-bond donors (Lipinski definition) is 3. The van der Waals surface area contributed by atoms with E-state index >= 15 is 0 Å². The standard InChI is InChI=1S/C52H58N8O6/c1-31(2)45(57-51(63)65-5)49(61)59-25-7-11-43(59)47-54-30-42(56-47)40-24-23-38-27-37(21-22-39(38)28-40)34-13-17-35(18-14-34)41-29-53-48(55-41)44-12-8-26-60(44)50(62)46(66-52(64)58(3)4)36-19-15-33(16-20-36)32-9-6-10-32/h13-24,27-32,43-46H,6-12,25-26H2,1-5H3,(H,53,55)(H,54,56)(H,57,63)/t43-,44-,45-,46-/m0/s1. The second-order valence-corrected chi connectivity index (χ2v) is 18.4. The summed E-state index contributed by atoms with van der Waals surface area (Å²) < 4.78 is 10.6. The third kappa shape index (κ3) is 9.01. The lowest BCUT2D eigenvalue weighted by Crippen LogP contribution is -2.51. The summed E-state index contributed by atoms with van der Waals surface area (Å²) in [6.07, 6.45) is 8.19. The number of imidazole rings is 2. The lowest BCUT2D eigenvalue weighted by Gasteiger charge is -2.30. The Morgan fingerprint density at radius 1 is 0.682 bits per heavy atom. The van der Waals surface area contributed by atoms with E-state index in [2.05, 4.69) is 88.1 Å². The van der Waals surface area contributed by atoms with E-state index in [4.69, 9.17) is 19.4 Å². The summed E-state index contributed by atoms with van der Waals surface area (Å²) in [5.41, 5.74) is 7.79. The van der Waals surface area contributed by atoms with Crippen LogP contribution in [0.3, 0.4) is 0 Å². The van der Waals surface area contributed by atoms with Gasteiger partial charge in [0.2, 0.25) is 12.0 Å². The number of hydrogen-bond acceptors (Lipinski definition) is 8. The molecular formula is C52H58N8O6. The van der Waals surface area contributed by atoms with E-state index in [-0.39, 0.29) is 29.8 Å². The number of amides is 4. The van der Waals surface area contributed by atoms with Gasteiger partial charge in [0.1, 0.15) is 17.7 Å². The van der Waals surface area contributed by atoms with E-state index in [0.717, 1.165) is 75.9 Å². The van der Waals surface area contributed by atoms with Crippen molar-refractivity contribution in [3.63, 3.8) is 0 Å². The van der Waals surface area contributed by atoms with Gasteiger partial charge < -0.3 is 39.5 Å². The number of alkyl carbamates (subject to hydrolysis) is 1. The Hall–Kier alpha value is -6.96. The van der Waals surface area contributed by atoms with Crippen LogP contribution in [0, 0.1) is 5.92 Å². The van der Waals surface area contributed by atoms with E-state index in [1.165, 1.54) is 36.8 Å². The Kier molecular flexibility index (Phi) is 12.7. The minimum absolute atomic E-state index is 0.108. The van der Waals surface area contributed by atoms with Gasteiger partial charge in [-0.05, 0) is 95.5 Å². The number of H-pyrrole nitrogens is 2. The van der Waals surface area contributed by atoms with Gasteiger partial charge in [0, 0.05) is 38.3 Å². The van der Waals surface area contributed by atoms with Crippen molar-refractivity contribution in [2.45, 2.75) is 88.9 Å². The Morgan fingerprint density at radius 3 is 1.79 bits per heavy atom. The molecule has 1 aliphatic carbocycles. The van der Waals surface area contributed by atoms with E-state index < -0.39 is 24.3 Å². The Bertz CT molecular complexity index is 2720. The number of ether oxygens (including phenoxy) is 2. The van der Waals surface area contributed by atoms with Crippen LogP contribution in [0.5, 0.6) is 0 Å². The number of likely N-dealkylation sites (tertiary alicyclic amines) is 2. The number of rotatable bonds is 12. The maximum absolute atomic E-state index is 14.3. The van der Waals surface area contributed by atoms with Crippen LogP contribution in [-0.2, 0) is 19.1 Å². The molecule has 0 unspecified atom stereocenters. The van der Waals surface area contributed by atoms with Gasteiger partial charge in [-0.3, -0.25) is 9.59 Å². The molecule has 0 spiro atoms. The van der Waals surface area contributed by atoms with Gasteiger partial charge in [0.05, 0.1) is 43.0 Å². The molecule has 4 amide bonds. The van der Waals surface area contributed by atoms with E-state index in [1.54, 1.807) is 19.0 Å². The van der Waals surface area contributed by atoms with Gasteiger partial charge in [-0.25, -0.2) is 19.6 Å². The highest BCUT2D eigenvalue weighted by atomic mass is 16.6. The van der Waals surface area contributed by atoms with Gasteiger partial charge in [0.25, 0.3) is 5.91 Å². The lowest BCUT2D eigenvalue weighted by molar-refractivity contribution is -0.142. The number of methoxy groups -OCH3 is 1. The molecule has 2 saturated heterocycles. The van der Waals surface area contributed by atoms with Crippen LogP contribution in [0.15, 0.2) is 97.3 Å². The van der Waals surface area contributed by atoms with Crippen molar-refractivity contribution in [3.8, 4) is 33.6 Å². The maximum atomic E-state index is 14.3. The fraction of sp³-hybridized carbons (Fsp3) is 0.385. The number of nitrogens with one attached hydrogen (secondary N) is 3. The van der Waals surface area contributed by atoms with Crippen LogP contribution in [0.1, 0.15) is 106 Å². The van der Waals surface area contributed by atoms with Gasteiger partial charge in [-0.1, -0.05) is 93.1 Å². The molecule has 6 aromatic rings. The van der Waals surface area contributed by atoms with Crippen LogP contribution in [0.2, 0.25) is 0 Å². The first kappa shape index (κ1) is 44.3. The smallest absolute Gasteiger partial charge is 0.410 e. The van der Waals surface area contributed by atoms with Gasteiger partial charge in [-0.15, -0.1) is 0 Å². The average Bonchev–Trinajstić information content (AvgIpc) is 4.16. The quantitative estimate of drug-likeness (QED) is 0.109.